The van der Waals surface area contributed by atoms with Gasteiger partial charge in [0, 0.05) is 47.3 Å². The lowest BCUT2D eigenvalue weighted by Crippen LogP contribution is -2.04. The number of hydrogen-bond acceptors (Lipinski definition) is 3. The van der Waals surface area contributed by atoms with E-state index in [0.29, 0.717) is 0 Å². The van der Waals surface area contributed by atoms with Gasteiger partial charge in [0.1, 0.15) is 5.69 Å². The van der Waals surface area contributed by atoms with Crippen molar-refractivity contribution in [3.8, 4) is 17.1 Å². The summed E-state index contributed by atoms with van der Waals surface area (Å²) in [5.74, 6) is 0.826. The Kier molecular flexibility index (Phi) is 6.04. The third-order valence-corrected chi connectivity index (χ3v) is 13.1. The van der Waals surface area contributed by atoms with Crippen LogP contribution < -0.4 is 0 Å². The van der Waals surface area contributed by atoms with E-state index < -0.39 is 0 Å². The van der Waals surface area contributed by atoms with Crippen LogP contribution in [0.25, 0.3) is 124 Å². The van der Waals surface area contributed by atoms with E-state index in [4.69, 9.17) is 9.97 Å². The average molecular weight is 728 g/mol. The third kappa shape index (κ3) is 4.06. The van der Waals surface area contributed by atoms with Gasteiger partial charge in [-0.05, 0) is 79.5 Å². The quantitative estimate of drug-likeness (QED) is 0.166. The molecule has 0 unspecified atom stereocenters. The number of nitrogens with zero attached hydrogens (tertiary/aromatic N) is 3. The van der Waals surface area contributed by atoms with Crippen LogP contribution in [0.5, 0.6) is 0 Å². The van der Waals surface area contributed by atoms with Crippen LogP contribution in [0.1, 0.15) is 0 Å². The summed E-state index contributed by atoms with van der Waals surface area (Å²) in [6.07, 6.45) is 0. The Morgan fingerprint density at radius 2 is 0.946 bits per heavy atom. The van der Waals surface area contributed by atoms with Gasteiger partial charge in [-0.3, -0.25) is 4.57 Å². The molecule has 3 aromatic heterocycles. The zero-order chi connectivity index (χ0) is 36.5. The molecule has 0 bridgehead atoms. The van der Waals surface area contributed by atoms with Crippen LogP contribution in [0.15, 0.2) is 176 Å². The van der Waals surface area contributed by atoms with Gasteiger partial charge in [-0.25, -0.2) is 9.97 Å². The normalized spacial score (nSPS) is 12.3. The summed E-state index contributed by atoms with van der Waals surface area (Å²) in [4.78, 5) is 11.3. The molecule has 0 radical (unpaired) electrons. The van der Waals surface area contributed by atoms with Crippen LogP contribution in [-0.4, -0.2) is 14.5 Å². The summed E-state index contributed by atoms with van der Waals surface area (Å²) >= 11 is 1.84. The number of aromatic nitrogens is 3. The highest BCUT2D eigenvalue weighted by Gasteiger charge is 2.24. The molecule has 0 saturated heterocycles. The van der Waals surface area contributed by atoms with Crippen molar-refractivity contribution in [2.24, 2.45) is 0 Å². The Morgan fingerprint density at radius 3 is 1.75 bits per heavy atom. The second kappa shape index (κ2) is 11.2. The van der Waals surface area contributed by atoms with Gasteiger partial charge in [0.2, 0.25) is 0 Å². The summed E-state index contributed by atoms with van der Waals surface area (Å²) in [7, 11) is 0. The van der Waals surface area contributed by atoms with Crippen LogP contribution in [0.2, 0.25) is 0 Å². The molecular formula is C52H29N3S. The Balaban J connectivity index is 1.26. The summed E-state index contributed by atoms with van der Waals surface area (Å²) in [6, 6.07) is 64.1. The Labute approximate surface area is 324 Å². The first-order chi connectivity index (χ1) is 27.8. The van der Waals surface area contributed by atoms with Gasteiger partial charge in [-0.2, -0.15) is 0 Å². The van der Waals surface area contributed by atoms with E-state index in [-0.39, 0.29) is 0 Å². The van der Waals surface area contributed by atoms with E-state index in [0.717, 1.165) is 49.9 Å². The van der Waals surface area contributed by atoms with Gasteiger partial charge in [-0.15, -0.1) is 11.3 Å². The number of hydrogen-bond donors (Lipinski definition) is 0. The maximum atomic E-state index is 5.73. The summed E-state index contributed by atoms with van der Waals surface area (Å²) < 4.78 is 4.96. The molecule has 0 saturated carbocycles. The first kappa shape index (κ1) is 30.2. The SMILES string of the molecule is c1ccc2c(c1)ccc1nc(-c3ccc4sc5ccccc5c4c3)c(-n3c4ccc5ccccc5c4c4c5c6ccccc6c6ccccc6c5ccc43)nc12. The zero-order valence-corrected chi connectivity index (χ0v) is 30.8. The van der Waals surface area contributed by atoms with Crippen LogP contribution >= 0.6 is 11.3 Å². The van der Waals surface area contributed by atoms with Crippen molar-refractivity contribution in [1.29, 1.82) is 0 Å². The van der Waals surface area contributed by atoms with E-state index in [2.05, 4.69) is 180 Å². The highest BCUT2D eigenvalue weighted by Crippen LogP contribution is 2.46. The first-order valence-electron chi connectivity index (χ1n) is 19.1. The molecule has 0 N–H and O–H groups in total. The standard InChI is InChI=1S/C52H29N3S/c1-3-13-33-30(11-1)22-26-43-48(33)49-44(27-24-40-37-17-6-5-15-35(37)36-16-7-8-19-39(36)47(40)49)55(43)52-50(53-42-25-21-31-12-2-4-14-34(31)51(42)54-52)32-23-28-46-41(29-32)38-18-9-10-20-45(38)56-46/h1-29H. The molecular weight excluding hydrogens is 699 g/mol. The first-order valence-corrected chi connectivity index (χ1v) is 19.9. The molecule has 13 aromatic rings. The summed E-state index contributed by atoms with van der Waals surface area (Å²) in [5.41, 5.74) is 5.91. The van der Waals surface area contributed by atoms with Crippen LogP contribution in [0, 0.1) is 0 Å². The largest absolute Gasteiger partial charge is 0.292 e. The minimum atomic E-state index is 0.826. The van der Waals surface area contributed by atoms with Crippen LogP contribution in [0.3, 0.4) is 0 Å². The van der Waals surface area contributed by atoms with Gasteiger partial charge in [0.15, 0.2) is 5.82 Å². The van der Waals surface area contributed by atoms with E-state index in [1.54, 1.807) is 0 Å². The molecule has 0 fully saturated rings. The maximum Gasteiger partial charge on any atom is 0.165 e. The van der Waals surface area contributed by atoms with Crippen LogP contribution in [0.4, 0.5) is 0 Å². The fraction of sp³-hybridized carbons (Fsp3) is 0. The van der Waals surface area contributed by atoms with E-state index in [9.17, 15) is 0 Å². The molecule has 4 heteroatoms. The second-order valence-corrected chi connectivity index (χ2v) is 15.9. The van der Waals surface area contributed by atoms with Crippen molar-refractivity contribution in [3.05, 3.63) is 176 Å². The Morgan fingerprint density at radius 1 is 0.375 bits per heavy atom. The molecule has 0 atom stereocenters. The number of thiophene rings is 1. The van der Waals surface area contributed by atoms with Gasteiger partial charge < -0.3 is 0 Å². The van der Waals surface area contributed by atoms with Crippen molar-refractivity contribution in [2.45, 2.75) is 0 Å². The smallest absolute Gasteiger partial charge is 0.165 e. The van der Waals surface area contributed by atoms with Gasteiger partial charge >= 0.3 is 0 Å². The Bertz CT molecular complexity index is 3800. The van der Waals surface area contributed by atoms with E-state index >= 15 is 0 Å². The third-order valence-electron chi connectivity index (χ3n) is 11.9. The zero-order valence-electron chi connectivity index (χ0n) is 30.0. The lowest BCUT2D eigenvalue weighted by Gasteiger charge is -2.15. The number of rotatable bonds is 2. The molecule has 3 heterocycles. The van der Waals surface area contributed by atoms with Crippen molar-refractivity contribution in [1.82, 2.24) is 14.5 Å². The topological polar surface area (TPSA) is 30.7 Å². The molecule has 0 spiro atoms. The minimum Gasteiger partial charge on any atom is -0.292 e. The lowest BCUT2D eigenvalue weighted by molar-refractivity contribution is 1.08. The van der Waals surface area contributed by atoms with Crippen molar-refractivity contribution in [3.63, 3.8) is 0 Å². The lowest BCUT2D eigenvalue weighted by atomic mass is 9.91. The van der Waals surface area contributed by atoms with E-state index in [1.807, 2.05) is 11.3 Å². The second-order valence-electron chi connectivity index (χ2n) is 14.8. The van der Waals surface area contributed by atoms with Crippen molar-refractivity contribution < 1.29 is 0 Å². The van der Waals surface area contributed by atoms with Gasteiger partial charge in [0.05, 0.1) is 22.1 Å². The van der Waals surface area contributed by atoms with Gasteiger partial charge in [0.25, 0.3) is 0 Å². The molecule has 0 aliphatic rings. The minimum absolute atomic E-state index is 0.826. The van der Waals surface area contributed by atoms with Crippen LogP contribution in [-0.2, 0) is 0 Å². The predicted molar refractivity (Wildman–Crippen MR) is 240 cm³/mol. The summed E-state index contributed by atoms with van der Waals surface area (Å²) in [5, 5.41) is 17.2. The highest BCUT2D eigenvalue weighted by atomic mass is 32.1. The average Bonchev–Trinajstić information content (AvgIpc) is 3.81. The molecule has 13 rings (SSSR count). The summed E-state index contributed by atoms with van der Waals surface area (Å²) in [6.45, 7) is 0. The molecule has 0 aliphatic carbocycles. The Hall–Kier alpha value is -7.14. The fourth-order valence-corrected chi connectivity index (χ4v) is 10.6. The monoisotopic (exact) mass is 727 g/mol. The highest BCUT2D eigenvalue weighted by molar-refractivity contribution is 7.25. The number of fused-ring (bicyclic) bond motifs is 18. The van der Waals surface area contributed by atoms with E-state index in [1.165, 1.54) is 74.0 Å². The van der Waals surface area contributed by atoms with Gasteiger partial charge in [-0.1, -0.05) is 140 Å². The maximum absolute atomic E-state index is 5.73. The molecule has 0 aliphatic heterocycles. The number of benzene rings is 10. The fourth-order valence-electron chi connectivity index (χ4n) is 9.49. The molecule has 0 amide bonds. The van der Waals surface area contributed by atoms with Crippen molar-refractivity contribution in [2.75, 3.05) is 0 Å². The van der Waals surface area contributed by atoms with Crippen molar-refractivity contribution >= 4 is 118 Å². The molecule has 56 heavy (non-hydrogen) atoms. The molecule has 10 aromatic carbocycles. The molecule has 258 valence electrons. The molecule has 3 nitrogen and oxygen atoms in total. The predicted octanol–water partition coefficient (Wildman–Crippen LogP) is 14.5.